The highest BCUT2D eigenvalue weighted by Crippen LogP contribution is 2.32. The topological polar surface area (TPSA) is 105 Å². The van der Waals surface area contributed by atoms with Gasteiger partial charge in [-0.15, -0.1) is 0 Å². The van der Waals surface area contributed by atoms with Crippen LogP contribution in [0.5, 0.6) is 5.75 Å². The fraction of sp³-hybridized carbons (Fsp3) is 0.318. The first kappa shape index (κ1) is 22.2. The monoisotopic (exact) mass is 458 g/mol. The Labute approximate surface area is 189 Å². The summed E-state index contributed by atoms with van der Waals surface area (Å²) in [4.78, 5) is 22.5. The average molecular weight is 459 g/mol. The van der Waals surface area contributed by atoms with Gasteiger partial charge in [-0.25, -0.2) is 14.4 Å². The standard InChI is InChI=1S/C22H24ClFN6O2/c1-30-10-22(11-30,21(25)31)28-7-6-13-8-14-17(9-18(13)32-2)26-12-27-20(14)29-16-5-3-4-15(23)19(16)24/h3-5,8-9,12,28H,6-7,10-11H2,1-2H3,(H2,25,31)(H,26,27,29). The number of nitrogens with one attached hydrogen (secondary N) is 2. The summed E-state index contributed by atoms with van der Waals surface area (Å²) >= 11 is 5.90. The number of ether oxygens (including phenoxy) is 1. The minimum absolute atomic E-state index is 0.0202. The van der Waals surface area contributed by atoms with Crippen LogP contribution in [0.15, 0.2) is 36.7 Å². The van der Waals surface area contributed by atoms with Crippen molar-refractivity contribution in [1.29, 1.82) is 0 Å². The van der Waals surface area contributed by atoms with Crippen LogP contribution in [-0.2, 0) is 11.2 Å². The molecule has 1 fully saturated rings. The maximum atomic E-state index is 14.4. The SMILES string of the molecule is COc1cc2ncnc(Nc3cccc(Cl)c3F)c2cc1CCNC1(C(N)=O)CN(C)C1. The first-order valence-electron chi connectivity index (χ1n) is 10.1. The maximum absolute atomic E-state index is 14.4. The van der Waals surface area contributed by atoms with Crippen LogP contribution in [0.3, 0.4) is 0 Å². The molecule has 10 heteroatoms. The Morgan fingerprint density at radius 3 is 2.81 bits per heavy atom. The zero-order valence-corrected chi connectivity index (χ0v) is 18.5. The molecule has 0 aliphatic carbocycles. The number of halogens is 2. The molecule has 1 amide bonds. The third kappa shape index (κ3) is 4.19. The number of aromatic nitrogens is 2. The number of carbonyl (C=O) groups is 1. The first-order valence-corrected chi connectivity index (χ1v) is 10.5. The molecule has 0 unspecified atom stereocenters. The molecule has 3 aromatic rings. The molecule has 1 aromatic heterocycles. The van der Waals surface area contributed by atoms with E-state index in [1.165, 1.54) is 12.4 Å². The Bertz CT molecular complexity index is 1170. The lowest BCUT2D eigenvalue weighted by Gasteiger charge is -2.46. The van der Waals surface area contributed by atoms with Gasteiger partial charge in [-0.1, -0.05) is 17.7 Å². The predicted molar refractivity (Wildman–Crippen MR) is 122 cm³/mol. The number of anilines is 2. The molecule has 4 N–H and O–H groups in total. The third-order valence-corrected chi connectivity index (χ3v) is 5.94. The van der Waals surface area contributed by atoms with E-state index < -0.39 is 11.4 Å². The van der Waals surface area contributed by atoms with Crippen molar-refractivity contribution in [1.82, 2.24) is 20.2 Å². The molecule has 2 aromatic carbocycles. The summed E-state index contributed by atoms with van der Waals surface area (Å²) in [7, 11) is 3.53. The number of benzene rings is 2. The molecule has 0 radical (unpaired) electrons. The number of nitrogens with two attached hydrogens (primary N) is 1. The number of nitrogens with zero attached hydrogens (tertiary/aromatic N) is 3. The van der Waals surface area contributed by atoms with E-state index in [-0.39, 0.29) is 16.6 Å². The van der Waals surface area contributed by atoms with Crippen molar-refractivity contribution < 1.29 is 13.9 Å². The molecule has 0 bridgehead atoms. The van der Waals surface area contributed by atoms with Crippen LogP contribution in [-0.4, -0.2) is 60.1 Å². The molecule has 1 saturated heterocycles. The molecule has 1 aliphatic heterocycles. The van der Waals surface area contributed by atoms with Gasteiger partial charge >= 0.3 is 0 Å². The Balaban J connectivity index is 1.61. The van der Waals surface area contributed by atoms with Gasteiger partial charge in [0.2, 0.25) is 5.91 Å². The van der Waals surface area contributed by atoms with Gasteiger partial charge in [0, 0.05) is 31.1 Å². The second-order valence-corrected chi connectivity index (χ2v) is 8.33. The summed E-state index contributed by atoms with van der Waals surface area (Å²) in [6.45, 7) is 1.67. The molecule has 0 spiro atoms. The molecule has 2 heterocycles. The third-order valence-electron chi connectivity index (χ3n) is 5.65. The second kappa shape index (κ2) is 8.85. The van der Waals surface area contributed by atoms with E-state index in [4.69, 9.17) is 22.1 Å². The van der Waals surface area contributed by atoms with Gasteiger partial charge in [-0.3, -0.25) is 4.79 Å². The largest absolute Gasteiger partial charge is 0.496 e. The van der Waals surface area contributed by atoms with Crippen molar-refractivity contribution in [2.24, 2.45) is 5.73 Å². The lowest BCUT2D eigenvalue weighted by molar-refractivity contribution is -0.130. The Morgan fingerprint density at radius 2 is 2.12 bits per heavy atom. The highest BCUT2D eigenvalue weighted by molar-refractivity contribution is 6.31. The predicted octanol–water partition coefficient (Wildman–Crippen LogP) is 2.48. The summed E-state index contributed by atoms with van der Waals surface area (Å²) in [5, 5.41) is 7.03. The number of fused-ring (bicyclic) bond motifs is 1. The number of methoxy groups -OCH3 is 1. The van der Waals surface area contributed by atoms with Crippen molar-refractivity contribution in [2.45, 2.75) is 12.0 Å². The Hall–Kier alpha value is -3.01. The van der Waals surface area contributed by atoms with Crippen LogP contribution < -0.4 is 21.1 Å². The van der Waals surface area contributed by atoms with E-state index in [1.807, 2.05) is 24.1 Å². The number of hydrogen-bond donors (Lipinski definition) is 3. The molecular formula is C22H24ClFN6O2. The molecule has 1 aliphatic rings. The van der Waals surface area contributed by atoms with Crippen LogP contribution in [0.4, 0.5) is 15.9 Å². The van der Waals surface area contributed by atoms with Crippen molar-refractivity contribution in [2.75, 3.05) is 39.1 Å². The lowest BCUT2D eigenvalue weighted by atomic mass is 9.89. The summed E-state index contributed by atoms with van der Waals surface area (Å²) in [6, 6.07) is 8.44. The van der Waals surface area contributed by atoms with Crippen molar-refractivity contribution >= 4 is 39.9 Å². The molecule has 8 nitrogen and oxygen atoms in total. The van der Waals surface area contributed by atoms with E-state index in [2.05, 4.69) is 20.6 Å². The number of likely N-dealkylation sites (tertiary alicyclic amines) is 1. The number of amides is 1. The number of primary amides is 1. The molecule has 4 rings (SSSR count). The number of hydrogen-bond acceptors (Lipinski definition) is 7. The normalized spacial score (nSPS) is 15.4. The zero-order valence-electron chi connectivity index (χ0n) is 17.8. The van der Waals surface area contributed by atoms with E-state index in [0.717, 1.165) is 5.56 Å². The number of carbonyl (C=O) groups excluding carboxylic acids is 1. The quantitative estimate of drug-likeness (QED) is 0.476. The van der Waals surface area contributed by atoms with Gasteiger partial charge in [0.15, 0.2) is 5.82 Å². The summed E-state index contributed by atoms with van der Waals surface area (Å²) in [6.07, 6.45) is 1.98. The molecular weight excluding hydrogens is 435 g/mol. The van der Waals surface area contributed by atoms with Crippen molar-refractivity contribution in [3.05, 3.63) is 53.1 Å². The summed E-state index contributed by atoms with van der Waals surface area (Å²) in [5.41, 5.74) is 6.65. The fourth-order valence-corrected chi connectivity index (χ4v) is 4.18. The highest BCUT2D eigenvalue weighted by Gasteiger charge is 2.45. The van der Waals surface area contributed by atoms with Gasteiger partial charge in [-0.2, -0.15) is 0 Å². The fourth-order valence-electron chi connectivity index (χ4n) is 4.01. The average Bonchev–Trinajstić information content (AvgIpc) is 2.75. The summed E-state index contributed by atoms with van der Waals surface area (Å²) < 4.78 is 19.9. The van der Waals surface area contributed by atoms with Crippen LogP contribution in [0.25, 0.3) is 10.9 Å². The Kier molecular flexibility index (Phi) is 6.14. The van der Waals surface area contributed by atoms with Crippen molar-refractivity contribution in [3.63, 3.8) is 0 Å². The molecule has 32 heavy (non-hydrogen) atoms. The smallest absolute Gasteiger partial charge is 0.240 e. The van der Waals surface area contributed by atoms with Gasteiger partial charge in [0.1, 0.15) is 23.4 Å². The van der Waals surface area contributed by atoms with Gasteiger partial charge in [0.05, 0.1) is 23.3 Å². The lowest BCUT2D eigenvalue weighted by Crippen LogP contribution is -2.74. The number of likely N-dealkylation sites (N-methyl/N-ethyl adjacent to an activating group) is 1. The minimum Gasteiger partial charge on any atom is -0.496 e. The van der Waals surface area contributed by atoms with Gasteiger partial charge in [0.25, 0.3) is 0 Å². The maximum Gasteiger partial charge on any atom is 0.240 e. The summed E-state index contributed by atoms with van der Waals surface area (Å²) in [5.74, 6) is 0.199. The zero-order chi connectivity index (χ0) is 22.9. The van der Waals surface area contributed by atoms with E-state index in [1.54, 1.807) is 19.2 Å². The molecule has 168 valence electrons. The molecule has 0 saturated carbocycles. The van der Waals surface area contributed by atoms with Gasteiger partial charge in [-0.05, 0) is 37.2 Å². The first-order chi connectivity index (χ1) is 15.3. The van der Waals surface area contributed by atoms with Gasteiger partial charge < -0.3 is 26.0 Å². The van der Waals surface area contributed by atoms with Crippen LogP contribution >= 0.6 is 11.6 Å². The second-order valence-electron chi connectivity index (χ2n) is 7.93. The van der Waals surface area contributed by atoms with Crippen LogP contribution in [0.1, 0.15) is 5.56 Å². The highest BCUT2D eigenvalue weighted by atomic mass is 35.5. The van der Waals surface area contributed by atoms with E-state index in [0.29, 0.717) is 48.5 Å². The minimum atomic E-state index is -0.710. The Morgan fingerprint density at radius 1 is 1.34 bits per heavy atom. The van der Waals surface area contributed by atoms with E-state index in [9.17, 15) is 9.18 Å². The molecule has 0 atom stereocenters. The van der Waals surface area contributed by atoms with Crippen molar-refractivity contribution in [3.8, 4) is 5.75 Å². The van der Waals surface area contributed by atoms with Crippen LogP contribution in [0, 0.1) is 5.82 Å². The van der Waals surface area contributed by atoms with E-state index >= 15 is 0 Å². The van der Waals surface area contributed by atoms with Crippen LogP contribution in [0.2, 0.25) is 5.02 Å². The number of rotatable bonds is 8.